The predicted molar refractivity (Wildman–Crippen MR) is 142 cm³/mol. The Kier molecular flexibility index (Phi) is 7.68. The molecule has 2 aliphatic heterocycles. The summed E-state index contributed by atoms with van der Waals surface area (Å²) in [5.74, 6) is -1.76. The van der Waals surface area contributed by atoms with Crippen molar-refractivity contribution in [3.05, 3.63) is 69.9 Å². The molecule has 2 atom stereocenters. The van der Waals surface area contributed by atoms with Gasteiger partial charge in [-0.2, -0.15) is 13.9 Å². The van der Waals surface area contributed by atoms with E-state index in [0.29, 0.717) is 47.2 Å². The maximum atomic E-state index is 14.8. The number of nitrogens with one attached hydrogen (secondary N) is 1. The molecule has 12 heteroatoms. The van der Waals surface area contributed by atoms with Gasteiger partial charge in [0.15, 0.2) is 5.82 Å². The van der Waals surface area contributed by atoms with Gasteiger partial charge >= 0.3 is 6.55 Å². The summed E-state index contributed by atoms with van der Waals surface area (Å²) in [6, 6.07) is 5.53. The Hall–Kier alpha value is -3.37. The molecule has 0 aliphatic carbocycles. The van der Waals surface area contributed by atoms with Crippen molar-refractivity contribution < 1.29 is 22.8 Å². The second kappa shape index (κ2) is 11.0. The molecule has 1 aromatic carbocycles. The predicted octanol–water partition coefficient (Wildman–Crippen LogP) is 6.90. The fourth-order valence-corrected chi connectivity index (χ4v) is 5.54. The van der Waals surface area contributed by atoms with Crippen LogP contribution in [0.15, 0.2) is 42.7 Å². The number of anilines is 1. The largest absolute Gasteiger partial charge is 0.333 e. The lowest BCUT2D eigenvalue weighted by atomic mass is 9.93. The zero-order valence-electron chi connectivity index (χ0n) is 20.8. The van der Waals surface area contributed by atoms with Crippen LogP contribution in [0.25, 0.3) is 16.8 Å². The normalized spacial score (nSPS) is 20.2. The Balaban J connectivity index is 1.55. The lowest BCUT2D eigenvalue weighted by Crippen LogP contribution is -2.38. The number of alkyl halides is 2. The summed E-state index contributed by atoms with van der Waals surface area (Å²) in [5, 5.41) is 6.58. The molecular weight excluding hydrogens is 554 g/mol. The number of nitrogens with zero attached hydrogens (tertiary/aromatic N) is 4. The first-order valence-corrected chi connectivity index (χ1v) is 13.2. The number of benzene rings is 1. The van der Waals surface area contributed by atoms with E-state index in [1.807, 2.05) is 0 Å². The molecule has 7 nitrogen and oxygen atoms in total. The van der Waals surface area contributed by atoms with Crippen LogP contribution in [0.5, 0.6) is 0 Å². The number of carbonyl (C=O) groups excluding carboxylic acids is 2. The fourth-order valence-electron chi connectivity index (χ4n) is 5.12. The minimum atomic E-state index is -2.94. The van der Waals surface area contributed by atoms with Crippen molar-refractivity contribution in [1.29, 1.82) is 0 Å². The number of aromatic nitrogens is 3. The molecule has 0 saturated carbocycles. The molecule has 3 aromatic rings. The van der Waals surface area contributed by atoms with Crippen LogP contribution in [0.4, 0.5) is 18.9 Å². The van der Waals surface area contributed by atoms with Gasteiger partial charge < -0.3 is 10.2 Å². The van der Waals surface area contributed by atoms with Gasteiger partial charge in [-0.15, -0.1) is 0 Å². The molecule has 5 rings (SSSR count). The summed E-state index contributed by atoms with van der Waals surface area (Å²) in [6.45, 7) is -0.927. The summed E-state index contributed by atoms with van der Waals surface area (Å²) >= 11 is 12.2. The Bertz CT molecular complexity index is 1480. The number of halogens is 5. The highest BCUT2D eigenvalue weighted by atomic mass is 35.5. The molecule has 39 heavy (non-hydrogen) atoms. The molecule has 1 N–H and O–H groups in total. The Morgan fingerprint density at radius 3 is 2.64 bits per heavy atom. The SMILES string of the molecule is CC1CCCC(N2CCC(c3c(Cl)ccc(Cl)c3F)=CC2=O)c2cc(ccn2)-c2c(cnn2C(F)F)NC1=O. The van der Waals surface area contributed by atoms with E-state index in [1.165, 1.54) is 30.6 Å². The smallest absolute Gasteiger partial charge is 0.330 e. The molecule has 2 amide bonds. The van der Waals surface area contributed by atoms with Gasteiger partial charge in [0, 0.05) is 35.9 Å². The van der Waals surface area contributed by atoms with Gasteiger partial charge in [-0.3, -0.25) is 14.6 Å². The molecule has 2 aromatic heterocycles. The monoisotopic (exact) mass is 577 g/mol. The molecule has 0 spiro atoms. The van der Waals surface area contributed by atoms with E-state index in [4.69, 9.17) is 23.2 Å². The first kappa shape index (κ1) is 27.2. The lowest BCUT2D eigenvalue weighted by Gasteiger charge is -2.34. The van der Waals surface area contributed by atoms with Gasteiger partial charge in [-0.1, -0.05) is 36.5 Å². The Morgan fingerprint density at radius 2 is 1.90 bits per heavy atom. The van der Waals surface area contributed by atoms with Gasteiger partial charge in [0.05, 0.1) is 39.4 Å². The highest BCUT2D eigenvalue weighted by molar-refractivity contribution is 6.34. The summed E-state index contributed by atoms with van der Waals surface area (Å²) in [7, 11) is 0. The Morgan fingerprint density at radius 1 is 1.13 bits per heavy atom. The first-order chi connectivity index (χ1) is 18.7. The molecule has 2 bridgehead atoms. The highest BCUT2D eigenvalue weighted by Crippen LogP contribution is 2.39. The van der Waals surface area contributed by atoms with E-state index < -0.39 is 24.3 Å². The van der Waals surface area contributed by atoms with Crippen LogP contribution in [0.2, 0.25) is 10.0 Å². The molecule has 2 unspecified atom stereocenters. The first-order valence-electron chi connectivity index (χ1n) is 12.4. The summed E-state index contributed by atoms with van der Waals surface area (Å²) < 4.78 is 43.0. The Labute approximate surface area is 232 Å². The van der Waals surface area contributed by atoms with Gasteiger partial charge in [0.25, 0.3) is 0 Å². The van der Waals surface area contributed by atoms with Gasteiger partial charge in [-0.05, 0) is 49.1 Å². The van der Waals surface area contributed by atoms with Crippen molar-refractivity contribution in [2.45, 2.75) is 45.2 Å². The van der Waals surface area contributed by atoms with Crippen LogP contribution in [-0.4, -0.2) is 38.0 Å². The van der Waals surface area contributed by atoms with Crippen LogP contribution in [0.3, 0.4) is 0 Å². The van der Waals surface area contributed by atoms with Gasteiger partial charge in [-0.25, -0.2) is 9.07 Å². The van der Waals surface area contributed by atoms with Crippen molar-refractivity contribution in [3.8, 4) is 11.3 Å². The number of rotatable bonds is 3. The van der Waals surface area contributed by atoms with Crippen molar-refractivity contribution in [3.63, 3.8) is 0 Å². The number of carbonyl (C=O) groups is 2. The molecule has 0 saturated heterocycles. The standard InChI is InChI=1S/C27H24Cl2F3N5O2/c1-14-3-2-4-21(36-10-8-15(12-22(36)38)23-17(28)5-6-18(29)24(23)30)19-11-16(7-9-33-19)25-20(35-26(14)39)13-34-37(25)27(31)32/h5-7,9,11-14,21,27H,2-4,8,10H2,1H3,(H,35,39). The fraction of sp³-hybridized carbons (Fsp3) is 0.333. The number of pyridine rings is 1. The van der Waals surface area contributed by atoms with E-state index in [0.717, 1.165) is 0 Å². The summed E-state index contributed by atoms with van der Waals surface area (Å²) in [5.41, 5.74) is 1.64. The van der Waals surface area contributed by atoms with Crippen LogP contribution < -0.4 is 5.32 Å². The third-order valence-electron chi connectivity index (χ3n) is 7.14. The third-order valence-corrected chi connectivity index (χ3v) is 7.75. The van der Waals surface area contributed by atoms with Crippen LogP contribution in [-0.2, 0) is 9.59 Å². The number of hydrogen-bond acceptors (Lipinski definition) is 4. The second-order valence-corrected chi connectivity index (χ2v) is 10.4. The topological polar surface area (TPSA) is 80.1 Å². The average Bonchev–Trinajstić information content (AvgIpc) is 3.33. The van der Waals surface area contributed by atoms with Gasteiger partial charge in [0.1, 0.15) is 0 Å². The molecule has 0 radical (unpaired) electrons. The molecule has 4 heterocycles. The van der Waals surface area contributed by atoms with Crippen molar-refractivity contribution in [1.82, 2.24) is 19.7 Å². The maximum absolute atomic E-state index is 14.8. The van der Waals surface area contributed by atoms with Crippen molar-refractivity contribution in [2.24, 2.45) is 5.92 Å². The van der Waals surface area contributed by atoms with Crippen molar-refractivity contribution in [2.75, 3.05) is 11.9 Å². The number of fused-ring (bicyclic) bond motifs is 4. The quantitative estimate of drug-likeness (QED) is 0.343. The maximum Gasteiger partial charge on any atom is 0.333 e. The lowest BCUT2D eigenvalue weighted by molar-refractivity contribution is -0.129. The molecular formula is C27H24Cl2F3N5O2. The van der Waals surface area contributed by atoms with E-state index >= 15 is 0 Å². The minimum absolute atomic E-state index is 0.0479. The number of hydrogen-bond donors (Lipinski definition) is 1. The van der Waals surface area contributed by atoms with E-state index in [-0.39, 0.29) is 45.3 Å². The van der Waals surface area contributed by atoms with E-state index in [1.54, 1.807) is 24.0 Å². The molecule has 0 fully saturated rings. The van der Waals surface area contributed by atoms with E-state index in [9.17, 15) is 22.8 Å². The van der Waals surface area contributed by atoms with Crippen LogP contribution >= 0.6 is 23.2 Å². The van der Waals surface area contributed by atoms with Crippen LogP contribution in [0, 0.1) is 11.7 Å². The zero-order valence-corrected chi connectivity index (χ0v) is 22.3. The van der Waals surface area contributed by atoms with E-state index in [2.05, 4.69) is 15.4 Å². The molecule has 2 aliphatic rings. The summed E-state index contributed by atoms with van der Waals surface area (Å²) in [6.07, 6.45) is 5.95. The highest BCUT2D eigenvalue weighted by Gasteiger charge is 2.32. The molecule has 204 valence electrons. The number of amides is 2. The zero-order chi connectivity index (χ0) is 27.8. The minimum Gasteiger partial charge on any atom is -0.330 e. The van der Waals surface area contributed by atoms with Crippen molar-refractivity contribution >= 4 is 46.3 Å². The summed E-state index contributed by atoms with van der Waals surface area (Å²) in [4.78, 5) is 32.4. The average molecular weight is 578 g/mol. The second-order valence-electron chi connectivity index (χ2n) is 9.60. The van der Waals surface area contributed by atoms with Crippen LogP contribution in [0.1, 0.15) is 56.5 Å². The van der Waals surface area contributed by atoms with Gasteiger partial charge in [0.2, 0.25) is 11.8 Å². The third kappa shape index (κ3) is 5.27.